The molecule has 1 rings (SSSR count). The van der Waals surface area contributed by atoms with Crippen LogP contribution in [0.25, 0.3) is 0 Å². The van der Waals surface area contributed by atoms with Crippen molar-refractivity contribution in [1.29, 1.82) is 0 Å². The van der Waals surface area contributed by atoms with Crippen LogP contribution in [0.15, 0.2) is 23.1 Å². The van der Waals surface area contributed by atoms with E-state index in [1.807, 2.05) is 13.8 Å². The maximum Gasteiger partial charge on any atom is 0.240 e. The lowest BCUT2D eigenvalue weighted by Crippen LogP contribution is -2.34. The maximum atomic E-state index is 12.3. The van der Waals surface area contributed by atoms with Crippen LogP contribution in [-0.2, 0) is 10.0 Å². The lowest BCUT2D eigenvalue weighted by Gasteiger charge is -2.24. The minimum Gasteiger partial charge on any atom is -0.495 e. The van der Waals surface area contributed by atoms with Crippen LogP contribution < -0.4 is 15.2 Å². The third-order valence-corrected chi connectivity index (χ3v) is 4.67. The first-order valence-corrected chi connectivity index (χ1v) is 8.24. The Morgan fingerprint density at radius 1 is 1.38 bits per heavy atom. The number of benzene rings is 1. The van der Waals surface area contributed by atoms with Gasteiger partial charge in [0.15, 0.2) is 0 Å². The van der Waals surface area contributed by atoms with E-state index in [-0.39, 0.29) is 16.9 Å². The first-order chi connectivity index (χ1) is 9.72. The molecule has 0 fully saturated rings. The molecule has 0 unspecified atom stereocenters. The minimum atomic E-state index is -3.62. The molecule has 0 amide bonds. The highest BCUT2D eigenvalue weighted by Gasteiger charge is 2.22. The van der Waals surface area contributed by atoms with E-state index in [2.05, 4.69) is 4.72 Å². The predicted molar refractivity (Wildman–Crippen MR) is 82.7 cm³/mol. The van der Waals surface area contributed by atoms with E-state index in [1.54, 1.807) is 0 Å². The summed E-state index contributed by atoms with van der Waals surface area (Å²) in [6.45, 7) is 4.30. The number of ether oxygens (including phenoxy) is 1. The quantitative estimate of drug-likeness (QED) is 0.628. The number of anilines is 1. The molecule has 120 valence electrons. The predicted octanol–water partition coefficient (Wildman–Crippen LogP) is 1.35. The Hall–Kier alpha value is -1.31. The molecule has 0 aliphatic carbocycles. The number of aliphatic hydroxyl groups is 1. The number of methoxy groups -OCH3 is 1. The number of rotatable bonds is 8. The molecule has 0 spiro atoms. The van der Waals surface area contributed by atoms with Crippen molar-refractivity contribution in [3.05, 3.63) is 18.2 Å². The van der Waals surface area contributed by atoms with Gasteiger partial charge >= 0.3 is 0 Å². The van der Waals surface area contributed by atoms with Gasteiger partial charge in [-0.3, -0.25) is 0 Å². The molecule has 21 heavy (non-hydrogen) atoms. The largest absolute Gasteiger partial charge is 0.495 e. The third kappa shape index (κ3) is 5.18. The van der Waals surface area contributed by atoms with Crippen LogP contribution in [0.5, 0.6) is 5.75 Å². The van der Waals surface area contributed by atoms with E-state index in [1.165, 1.54) is 25.3 Å². The number of hydrogen-bond acceptors (Lipinski definition) is 5. The highest BCUT2D eigenvalue weighted by molar-refractivity contribution is 7.89. The summed E-state index contributed by atoms with van der Waals surface area (Å²) < 4.78 is 32.2. The van der Waals surface area contributed by atoms with Gasteiger partial charge in [-0.2, -0.15) is 0 Å². The molecule has 0 saturated heterocycles. The van der Waals surface area contributed by atoms with Crippen LogP contribution >= 0.6 is 0 Å². The standard InChI is InChI=1S/C14H24N2O4S/c1-14(2,7-4-8-17)10-16-21(18,19)11-5-6-12(15)13(9-11)20-3/h5-6,9,16-17H,4,7-8,10,15H2,1-3H3. The molecular formula is C14H24N2O4S. The Morgan fingerprint density at radius 2 is 2.05 bits per heavy atom. The van der Waals surface area contributed by atoms with Crippen LogP contribution in [-0.4, -0.2) is 33.8 Å². The van der Waals surface area contributed by atoms with Crippen LogP contribution in [0.4, 0.5) is 5.69 Å². The van der Waals surface area contributed by atoms with E-state index in [0.717, 1.165) is 6.42 Å². The van der Waals surface area contributed by atoms with E-state index in [4.69, 9.17) is 15.6 Å². The lowest BCUT2D eigenvalue weighted by molar-refractivity contribution is 0.242. The van der Waals surface area contributed by atoms with Gasteiger partial charge in [0, 0.05) is 19.2 Å². The van der Waals surface area contributed by atoms with E-state index in [0.29, 0.717) is 24.4 Å². The summed E-state index contributed by atoms with van der Waals surface area (Å²) in [4.78, 5) is 0.117. The van der Waals surface area contributed by atoms with Gasteiger partial charge in [0.2, 0.25) is 10.0 Å². The summed E-state index contributed by atoms with van der Waals surface area (Å²) in [5, 5.41) is 8.85. The number of hydrogen-bond donors (Lipinski definition) is 3. The second kappa shape index (κ2) is 7.11. The van der Waals surface area contributed by atoms with Crippen molar-refractivity contribution in [2.45, 2.75) is 31.6 Å². The van der Waals surface area contributed by atoms with Gasteiger partial charge in [0.1, 0.15) is 5.75 Å². The number of nitrogens with two attached hydrogens (primary N) is 1. The average molecular weight is 316 g/mol. The highest BCUT2D eigenvalue weighted by atomic mass is 32.2. The fraction of sp³-hybridized carbons (Fsp3) is 0.571. The van der Waals surface area contributed by atoms with Gasteiger partial charge < -0.3 is 15.6 Å². The molecular weight excluding hydrogens is 292 g/mol. The van der Waals surface area contributed by atoms with E-state index in [9.17, 15) is 8.42 Å². The van der Waals surface area contributed by atoms with E-state index < -0.39 is 10.0 Å². The van der Waals surface area contributed by atoms with Gasteiger partial charge in [-0.05, 0) is 30.4 Å². The average Bonchev–Trinajstić information content (AvgIpc) is 2.44. The molecule has 1 aromatic rings. The van der Waals surface area contributed by atoms with Crippen molar-refractivity contribution in [2.75, 3.05) is 26.0 Å². The zero-order valence-corrected chi connectivity index (χ0v) is 13.5. The molecule has 0 aliphatic heterocycles. The summed E-state index contributed by atoms with van der Waals surface area (Å²) in [5.74, 6) is 0.331. The summed E-state index contributed by atoms with van der Waals surface area (Å²) in [5.41, 5.74) is 5.84. The second-order valence-electron chi connectivity index (χ2n) is 5.72. The van der Waals surface area contributed by atoms with Gasteiger partial charge in [0.05, 0.1) is 17.7 Å². The first kappa shape index (κ1) is 17.7. The first-order valence-electron chi connectivity index (χ1n) is 6.76. The lowest BCUT2D eigenvalue weighted by atomic mass is 9.88. The SMILES string of the molecule is COc1cc(S(=O)(=O)NCC(C)(C)CCCO)ccc1N. The molecule has 0 bridgehead atoms. The van der Waals surface area contributed by atoms with Gasteiger partial charge in [0.25, 0.3) is 0 Å². The van der Waals surface area contributed by atoms with Crippen molar-refractivity contribution in [3.63, 3.8) is 0 Å². The fourth-order valence-electron chi connectivity index (χ4n) is 1.88. The second-order valence-corrected chi connectivity index (χ2v) is 7.49. The third-order valence-electron chi connectivity index (χ3n) is 3.27. The number of sulfonamides is 1. The number of nitrogen functional groups attached to an aromatic ring is 1. The molecule has 0 aromatic heterocycles. The highest BCUT2D eigenvalue weighted by Crippen LogP contribution is 2.26. The topological polar surface area (TPSA) is 102 Å². The van der Waals surface area contributed by atoms with Crippen LogP contribution in [0.1, 0.15) is 26.7 Å². The minimum absolute atomic E-state index is 0.103. The van der Waals surface area contributed by atoms with Crippen LogP contribution in [0, 0.1) is 5.41 Å². The Balaban J connectivity index is 2.82. The molecule has 0 atom stereocenters. The smallest absolute Gasteiger partial charge is 0.240 e. The fourth-order valence-corrected chi connectivity index (χ4v) is 3.14. The summed E-state index contributed by atoms with van der Waals surface area (Å²) >= 11 is 0. The molecule has 0 aliphatic rings. The normalized spacial score (nSPS) is 12.4. The van der Waals surface area contributed by atoms with E-state index >= 15 is 0 Å². The van der Waals surface area contributed by atoms with Crippen molar-refractivity contribution in [2.24, 2.45) is 5.41 Å². The van der Waals surface area contributed by atoms with Crippen LogP contribution in [0.2, 0.25) is 0 Å². The molecule has 0 heterocycles. The monoisotopic (exact) mass is 316 g/mol. The van der Waals surface area contributed by atoms with Crippen molar-refractivity contribution in [1.82, 2.24) is 4.72 Å². The number of nitrogens with one attached hydrogen (secondary N) is 1. The summed E-state index contributed by atoms with van der Waals surface area (Å²) in [7, 11) is -2.18. The molecule has 4 N–H and O–H groups in total. The Bertz CT molecular complexity index is 570. The van der Waals surface area contributed by atoms with Gasteiger partial charge in [-0.25, -0.2) is 13.1 Å². The van der Waals surface area contributed by atoms with Gasteiger partial charge in [-0.15, -0.1) is 0 Å². The zero-order chi connectivity index (χ0) is 16.1. The van der Waals surface area contributed by atoms with Crippen molar-refractivity contribution >= 4 is 15.7 Å². The Morgan fingerprint density at radius 3 is 2.62 bits per heavy atom. The summed E-state index contributed by atoms with van der Waals surface area (Å²) in [6.07, 6.45) is 1.38. The van der Waals surface area contributed by atoms with Crippen molar-refractivity contribution < 1.29 is 18.3 Å². The Kier molecular flexibility index (Phi) is 6.00. The molecule has 0 saturated carbocycles. The number of aliphatic hydroxyl groups excluding tert-OH is 1. The van der Waals surface area contributed by atoms with Gasteiger partial charge in [-0.1, -0.05) is 13.8 Å². The maximum absolute atomic E-state index is 12.3. The molecule has 1 aromatic carbocycles. The van der Waals surface area contributed by atoms with Crippen molar-refractivity contribution in [3.8, 4) is 5.75 Å². The molecule has 7 heteroatoms. The zero-order valence-electron chi connectivity index (χ0n) is 12.7. The Labute approximate surface area is 126 Å². The summed E-state index contributed by atoms with van der Waals surface area (Å²) in [6, 6.07) is 4.35. The molecule has 6 nitrogen and oxygen atoms in total. The van der Waals surface area contributed by atoms with Crippen LogP contribution in [0.3, 0.4) is 0 Å². The molecule has 0 radical (unpaired) electrons.